The van der Waals surface area contributed by atoms with Crippen molar-refractivity contribution in [2.45, 2.75) is 19.9 Å². The first-order chi connectivity index (χ1) is 10.7. The minimum absolute atomic E-state index is 1.06. The van der Waals surface area contributed by atoms with Gasteiger partial charge < -0.3 is 0 Å². The van der Waals surface area contributed by atoms with E-state index in [1.54, 1.807) is 0 Å². The summed E-state index contributed by atoms with van der Waals surface area (Å²) in [5.41, 5.74) is 8.11. The Labute approximate surface area is 131 Å². The van der Waals surface area contributed by atoms with Gasteiger partial charge in [-0.15, -0.1) is 0 Å². The molecule has 0 saturated carbocycles. The summed E-state index contributed by atoms with van der Waals surface area (Å²) >= 11 is 0. The Morgan fingerprint density at radius 3 is 2.45 bits per heavy atom. The van der Waals surface area contributed by atoms with Crippen LogP contribution in [0.3, 0.4) is 0 Å². The van der Waals surface area contributed by atoms with E-state index in [9.17, 15) is 0 Å². The summed E-state index contributed by atoms with van der Waals surface area (Å²) in [4.78, 5) is 0. The lowest BCUT2D eigenvalue weighted by Crippen LogP contribution is -2.39. The molecule has 2 nitrogen and oxygen atoms in total. The van der Waals surface area contributed by atoms with Crippen molar-refractivity contribution in [3.8, 4) is 22.5 Å². The van der Waals surface area contributed by atoms with Crippen molar-refractivity contribution >= 4 is 0 Å². The van der Waals surface area contributed by atoms with E-state index in [2.05, 4.69) is 84.0 Å². The number of hydrogen-bond acceptors (Lipinski definition) is 0. The summed E-state index contributed by atoms with van der Waals surface area (Å²) < 4.78 is 4.55. The Hall–Kier alpha value is -2.48. The first-order valence-electron chi connectivity index (χ1n) is 7.81. The van der Waals surface area contributed by atoms with Crippen LogP contribution in [0.25, 0.3) is 22.5 Å². The third-order valence-electron chi connectivity index (χ3n) is 4.62. The minimum atomic E-state index is 1.06. The van der Waals surface area contributed by atoms with Crippen molar-refractivity contribution in [1.29, 1.82) is 0 Å². The molecule has 3 aromatic rings. The zero-order valence-electron chi connectivity index (χ0n) is 13.1. The fourth-order valence-electron chi connectivity index (χ4n) is 3.43. The molecule has 0 bridgehead atoms. The van der Waals surface area contributed by atoms with Crippen LogP contribution < -0.4 is 9.13 Å². The Morgan fingerprint density at radius 1 is 0.864 bits per heavy atom. The van der Waals surface area contributed by atoms with Crippen LogP contribution in [-0.2, 0) is 20.0 Å². The molecule has 1 aromatic carbocycles. The predicted molar refractivity (Wildman–Crippen MR) is 87.1 cm³/mol. The van der Waals surface area contributed by atoms with Crippen molar-refractivity contribution < 1.29 is 9.13 Å². The van der Waals surface area contributed by atoms with Gasteiger partial charge in [0, 0.05) is 41.8 Å². The van der Waals surface area contributed by atoms with Gasteiger partial charge in [-0.1, -0.05) is 0 Å². The van der Waals surface area contributed by atoms with E-state index in [0.717, 1.165) is 13.0 Å². The lowest BCUT2D eigenvalue weighted by molar-refractivity contribution is -0.687. The van der Waals surface area contributed by atoms with Gasteiger partial charge in [0.05, 0.1) is 0 Å². The Morgan fingerprint density at radius 2 is 1.64 bits per heavy atom. The lowest BCUT2D eigenvalue weighted by atomic mass is 9.91. The maximum absolute atomic E-state index is 2.39. The molecule has 3 heterocycles. The quantitative estimate of drug-likeness (QED) is 0.608. The van der Waals surface area contributed by atoms with E-state index in [0.29, 0.717) is 0 Å². The molecule has 22 heavy (non-hydrogen) atoms. The van der Waals surface area contributed by atoms with Crippen LogP contribution in [0.15, 0.2) is 60.9 Å². The van der Waals surface area contributed by atoms with Crippen LogP contribution in [0.2, 0.25) is 0 Å². The number of pyridine rings is 2. The molecule has 0 aliphatic carbocycles. The molecular weight excluding hydrogens is 268 g/mol. The number of hydrogen-bond donors (Lipinski definition) is 0. The van der Waals surface area contributed by atoms with Crippen molar-refractivity contribution in [2.24, 2.45) is 7.05 Å². The average Bonchev–Trinajstić information content (AvgIpc) is 2.55. The van der Waals surface area contributed by atoms with Crippen LogP contribution >= 0.6 is 0 Å². The van der Waals surface area contributed by atoms with Gasteiger partial charge in [-0.2, -0.15) is 4.57 Å². The Kier molecular flexibility index (Phi) is 3.04. The van der Waals surface area contributed by atoms with Gasteiger partial charge >= 0.3 is 0 Å². The highest BCUT2D eigenvalue weighted by molar-refractivity contribution is 5.72. The van der Waals surface area contributed by atoms with Crippen molar-refractivity contribution in [3.05, 3.63) is 72.1 Å². The van der Waals surface area contributed by atoms with Crippen LogP contribution in [0, 0.1) is 6.92 Å². The Bertz CT molecular complexity index is 865. The molecule has 1 aliphatic rings. The molecule has 0 atom stereocenters. The van der Waals surface area contributed by atoms with Gasteiger partial charge in [0.25, 0.3) is 0 Å². The van der Waals surface area contributed by atoms with Gasteiger partial charge in [0.2, 0.25) is 11.4 Å². The monoisotopic (exact) mass is 288 g/mol. The third-order valence-corrected chi connectivity index (χ3v) is 4.62. The first kappa shape index (κ1) is 13.2. The highest BCUT2D eigenvalue weighted by Gasteiger charge is 2.24. The molecule has 0 spiro atoms. The molecule has 108 valence electrons. The zero-order valence-corrected chi connectivity index (χ0v) is 13.1. The van der Waals surface area contributed by atoms with Gasteiger partial charge in [0.1, 0.15) is 7.05 Å². The van der Waals surface area contributed by atoms with Crippen molar-refractivity contribution in [1.82, 2.24) is 0 Å². The third kappa shape index (κ3) is 2.03. The molecule has 0 saturated heterocycles. The predicted octanol–water partition coefficient (Wildman–Crippen LogP) is 3.00. The van der Waals surface area contributed by atoms with Crippen LogP contribution in [-0.4, -0.2) is 0 Å². The van der Waals surface area contributed by atoms with E-state index in [1.807, 2.05) is 0 Å². The van der Waals surface area contributed by atoms with E-state index in [4.69, 9.17) is 0 Å². The normalized spacial score (nSPS) is 12.6. The van der Waals surface area contributed by atoms with Crippen LogP contribution in [0.4, 0.5) is 0 Å². The second kappa shape index (κ2) is 5.06. The highest BCUT2D eigenvalue weighted by Crippen LogP contribution is 2.31. The number of nitrogens with zero attached hydrogens (tertiary/aromatic N) is 2. The smallest absolute Gasteiger partial charge is 0.201 e. The van der Waals surface area contributed by atoms with E-state index < -0.39 is 0 Å². The molecule has 4 rings (SSSR count). The maximum Gasteiger partial charge on any atom is 0.212 e. The largest absolute Gasteiger partial charge is 0.212 e. The number of fused-ring (bicyclic) bond motifs is 3. The van der Waals surface area contributed by atoms with Crippen LogP contribution in [0.1, 0.15) is 11.1 Å². The minimum Gasteiger partial charge on any atom is -0.201 e. The molecular formula is C20H20N2+2. The maximum atomic E-state index is 2.39. The second-order valence-electron chi connectivity index (χ2n) is 6.05. The lowest BCUT2D eigenvalue weighted by Gasteiger charge is -2.17. The summed E-state index contributed by atoms with van der Waals surface area (Å²) in [5, 5.41) is 0. The van der Waals surface area contributed by atoms with Gasteiger partial charge in [-0.25, -0.2) is 4.57 Å². The second-order valence-corrected chi connectivity index (χ2v) is 6.05. The summed E-state index contributed by atoms with van der Waals surface area (Å²) in [7, 11) is 2.11. The molecule has 2 heteroatoms. The summed E-state index contributed by atoms with van der Waals surface area (Å²) in [6, 6.07) is 17.6. The molecule has 0 unspecified atom stereocenters. The fourth-order valence-corrected chi connectivity index (χ4v) is 3.43. The standard InChI is InChI=1S/C20H20N2/c1-15-13-18-16(9-12-22-11-6-4-8-20(18)22)14-17(15)19-7-3-5-10-21(19)2/h3-8,10-11,13-14H,9,12H2,1-2H3/q+2. The fraction of sp³-hybridized carbons (Fsp3) is 0.200. The topological polar surface area (TPSA) is 7.76 Å². The molecule has 0 amide bonds. The highest BCUT2D eigenvalue weighted by atomic mass is 15.0. The first-order valence-corrected chi connectivity index (χ1v) is 7.81. The summed E-state index contributed by atoms with van der Waals surface area (Å²) in [5.74, 6) is 0. The molecule has 0 radical (unpaired) electrons. The molecule has 1 aliphatic heterocycles. The summed E-state index contributed by atoms with van der Waals surface area (Å²) in [6.45, 7) is 3.27. The molecule has 2 aromatic heterocycles. The van der Waals surface area contributed by atoms with E-state index >= 15 is 0 Å². The summed E-state index contributed by atoms with van der Waals surface area (Å²) in [6.07, 6.45) is 5.39. The molecule has 0 N–H and O–H groups in total. The van der Waals surface area contributed by atoms with Gasteiger partial charge in [-0.05, 0) is 42.3 Å². The van der Waals surface area contributed by atoms with Crippen molar-refractivity contribution in [2.75, 3.05) is 0 Å². The molecule has 0 fully saturated rings. The van der Waals surface area contributed by atoms with Crippen molar-refractivity contribution in [3.63, 3.8) is 0 Å². The number of aryl methyl sites for hydroxylation is 4. The number of benzene rings is 1. The SMILES string of the molecule is Cc1cc2c(cc1-c1cccc[n+]1C)CC[n+]1ccccc1-2. The zero-order chi connectivity index (χ0) is 15.1. The van der Waals surface area contributed by atoms with Crippen LogP contribution in [0.5, 0.6) is 0 Å². The van der Waals surface area contributed by atoms with Gasteiger partial charge in [-0.3, -0.25) is 0 Å². The Balaban J connectivity index is 1.92. The number of rotatable bonds is 1. The van der Waals surface area contributed by atoms with Gasteiger partial charge in [0.15, 0.2) is 18.9 Å². The van der Waals surface area contributed by atoms with E-state index in [1.165, 1.54) is 33.6 Å². The average molecular weight is 288 g/mol. The van der Waals surface area contributed by atoms with E-state index in [-0.39, 0.29) is 0 Å². The number of aromatic nitrogens is 2.